The lowest BCUT2D eigenvalue weighted by Gasteiger charge is -2.13. The SMILES string of the molecule is COc1cnn(C)c1C(O)c1ccccc1. The molecule has 0 aliphatic carbocycles. The van der Waals surface area contributed by atoms with Crippen molar-refractivity contribution in [1.82, 2.24) is 9.78 Å². The molecule has 0 spiro atoms. The summed E-state index contributed by atoms with van der Waals surface area (Å²) in [5, 5.41) is 14.3. The van der Waals surface area contributed by atoms with E-state index in [1.165, 1.54) is 0 Å². The van der Waals surface area contributed by atoms with E-state index >= 15 is 0 Å². The van der Waals surface area contributed by atoms with Gasteiger partial charge in [-0.05, 0) is 5.56 Å². The van der Waals surface area contributed by atoms with E-state index in [1.54, 1.807) is 25.0 Å². The topological polar surface area (TPSA) is 47.3 Å². The second-order valence-corrected chi connectivity index (χ2v) is 3.54. The Morgan fingerprint density at radius 2 is 2.00 bits per heavy atom. The fourth-order valence-electron chi connectivity index (χ4n) is 1.69. The maximum absolute atomic E-state index is 10.2. The fourth-order valence-corrected chi connectivity index (χ4v) is 1.69. The van der Waals surface area contributed by atoms with E-state index < -0.39 is 6.10 Å². The number of ether oxygens (including phenoxy) is 1. The van der Waals surface area contributed by atoms with Gasteiger partial charge in [0.25, 0.3) is 0 Å². The summed E-state index contributed by atoms with van der Waals surface area (Å²) >= 11 is 0. The Bertz CT molecular complexity index is 465. The molecule has 4 heteroatoms. The smallest absolute Gasteiger partial charge is 0.162 e. The third-order valence-electron chi connectivity index (χ3n) is 2.54. The van der Waals surface area contributed by atoms with Crippen LogP contribution >= 0.6 is 0 Å². The van der Waals surface area contributed by atoms with Gasteiger partial charge in [-0.3, -0.25) is 4.68 Å². The second-order valence-electron chi connectivity index (χ2n) is 3.54. The van der Waals surface area contributed by atoms with Crippen LogP contribution in [0.15, 0.2) is 36.5 Å². The van der Waals surface area contributed by atoms with E-state index in [1.807, 2.05) is 30.3 Å². The predicted octanol–water partition coefficient (Wildman–Crippen LogP) is 1.51. The van der Waals surface area contributed by atoms with E-state index in [4.69, 9.17) is 4.74 Å². The van der Waals surface area contributed by atoms with Crippen LogP contribution in [0.2, 0.25) is 0 Å². The Balaban J connectivity index is 2.41. The highest BCUT2D eigenvalue weighted by molar-refractivity contribution is 5.34. The highest BCUT2D eigenvalue weighted by Gasteiger charge is 2.19. The van der Waals surface area contributed by atoms with Crippen LogP contribution in [-0.2, 0) is 7.05 Å². The number of nitrogens with zero attached hydrogens (tertiary/aromatic N) is 2. The van der Waals surface area contributed by atoms with Gasteiger partial charge in [-0.25, -0.2) is 0 Å². The van der Waals surface area contributed by atoms with Crippen molar-refractivity contribution in [3.05, 3.63) is 47.8 Å². The number of benzene rings is 1. The Labute approximate surface area is 94.1 Å². The van der Waals surface area contributed by atoms with Crippen LogP contribution < -0.4 is 4.74 Å². The molecule has 1 heterocycles. The minimum Gasteiger partial charge on any atom is -0.493 e. The van der Waals surface area contributed by atoms with Crippen molar-refractivity contribution in [2.24, 2.45) is 7.05 Å². The highest BCUT2D eigenvalue weighted by Crippen LogP contribution is 2.28. The van der Waals surface area contributed by atoms with Crippen LogP contribution in [0.1, 0.15) is 17.4 Å². The molecule has 1 unspecified atom stereocenters. The average Bonchev–Trinajstić information content (AvgIpc) is 2.70. The summed E-state index contributed by atoms with van der Waals surface area (Å²) in [6.07, 6.45) is 0.880. The van der Waals surface area contributed by atoms with Crippen LogP contribution in [0, 0.1) is 0 Å². The third kappa shape index (κ3) is 1.79. The molecule has 1 N–H and O–H groups in total. The average molecular weight is 218 g/mol. The Morgan fingerprint density at radius 3 is 2.62 bits per heavy atom. The number of hydrogen-bond donors (Lipinski definition) is 1. The van der Waals surface area contributed by atoms with Crippen LogP contribution in [0.4, 0.5) is 0 Å². The molecule has 0 saturated carbocycles. The number of rotatable bonds is 3. The van der Waals surface area contributed by atoms with Crippen LogP contribution in [0.5, 0.6) is 5.75 Å². The number of methoxy groups -OCH3 is 1. The molecular formula is C12H14N2O2. The summed E-state index contributed by atoms with van der Waals surface area (Å²) in [5.74, 6) is 0.596. The molecule has 2 aromatic rings. The molecule has 1 aromatic carbocycles. The highest BCUT2D eigenvalue weighted by atomic mass is 16.5. The zero-order chi connectivity index (χ0) is 11.5. The van der Waals surface area contributed by atoms with Gasteiger partial charge in [0, 0.05) is 7.05 Å². The lowest BCUT2D eigenvalue weighted by Crippen LogP contribution is -2.07. The summed E-state index contributed by atoms with van der Waals surface area (Å²) in [4.78, 5) is 0. The lowest BCUT2D eigenvalue weighted by atomic mass is 10.1. The van der Waals surface area contributed by atoms with E-state index in [9.17, 15) is 5.11 Å². The van der Waals surface area contributed by atoms with Crippen molar-refractivity contribution >= 4 is 0 Å². The number of hydrogen-bond acceptors (Lipinski definition) is 3. The quantitative estimate of drug-likeness (QED) is 0.849. The molecule has 4 nitrogen and oxygen atoms in total. The van der Waals surface area contributed by atoms with Crippen molar-refractivity contribution < 1.29 is 9.84 Å². The predicted molar refractivity (Wildman–Crippen MR) is 60.3 cm³/mol. The minimum absolute atomic E-state index is 0.596. The van der Waals surface area contributed by atoms with E-state index in [2.05, 4.69) is 5.10 Å². The summed E-state index contributed by atoms with van der Waals surface area (Å²) < 4.78 is 6.79. The molecule has 1 atom stereocenters. The van der Waals surface area contributed by atoms with Gasteiger partial charge in [0.1, 0.15) is 11.8 Å². The van der Waals surface area contributed by atoms with Gasteiger partial charge in [0.2, 0.25) is 0 Å². The van der Waals surface area contributed by atoms with Crippen molar-refractivity contribution in [2.75, 3.05) is 7.11 Å². The molecule has 16 heavy (non-hydrogen) atoms. The van der Waals surface area contributed by atoms with E-state index in [0.29, 0.717) is 11.4 Å². The fraction of sp³-hybridized carbons (Fsp3) is 0.250. The molecule has 0 amide bonds. The molecule has 2 rings (SSSR count). The Morgan fingerprint density at radius 1 is 1.31 bits per heavy atom. The molecule has 1 aromatic heterocycles. The molecule has 0 aliphatic rings. The summed E-state index contributed by atoms with van der Waals surface area (Å²) in [6.45, 7) is 0. The van der Waals surface area contributed by atoms with Gasteiger partial charge in [0.05, 0.1) is 13.3 Å². The largest absolute Gasteiger partial charge is 0.493 e. The first-order valence-electron chi connectivity index (χ1n) is 5.03. The number of aliphatic hydroxyl groups excluding tert-OH is 1. The monoisotopic (exact) mass is 218 g/mol. The molecule has 0 bridgehead atoms. The van der Waals surface area contributed by atoms with Crippen molar-refractivity contribution in [2.45, 2.75) is 6.10 Å². The Hall–Kier alpha value is -1.81. The summed E-state index contributed by atoms with van der Waals surface area (Å²) in [6, 6.07) is 9.44. The third-order valence-corrected chi connectivity index (χ3v) is 2.54. The van der Waals surface area contributed by atoms with Crippen molar-refractivity contribution in [3.63, 3.8) is 0 Å². The molecule has 0 radical (unpaired) electrons. The van der Waals surface area contributed by atoms with Crippen LogP contribution in [0.25, 0.3) is 0 Å². The number of aliphatic hydroxyl groups is 1. The molecular weight excluding hydrogens is 204 g/mol. The van der Waals surface area contributed by atoms with E-state index in [-0.39, 0.29) is 0 Å². The van der Waals surface area contributed by atoms with Gasteiger partial charge in [-0.15, -0.1) is 0 Å². The molecule has 84 valence electrons. The van der Waals surface area contributed by atoms with Gasteiger partial charge in [0.15, 0.2) is 5.75 Å². The lowest BCUT2D eigenvalue weighted by molar-refractivity contribution is 0.204. The van der Waals surface area contributed by atoms with E-state index in [0.717, 1.165) is 5.56 Å². The summed E-state index contributed by atoms with van der Waals surface area (Å²) in [5.41, 5.74) is 1.48. The first kappa shape index (κ1) is 10.7. The van der Waals surface area contributed by atoms with Crippen molar-refractivity contribution in [3.8, 4) is 5.75 Å². The first-order chi connectivity index (χ1) is 7.74. The maximum atomic E-state index is 10.2. The summed E-state index contributed by atoms with van der Waals surface area (Å²) in [7, 11) is 3.35. The molecule has 0 saturated heterocycles. The van der Waals surface area contributed by atoms with Gasteiger partial charge in [-0.2, -0.15) is 5.10 Å². The first-order valence-corrected chi connectivity index (χ1v) is 5.03. The number of aryl methyl sites for hydroxylation is 1. The van der Waals surface area contributed by atoms with Gasteiger partial charge >= 0.3 is 0 Å². The normalized spacial score (nSPS) is 12.4. The van der Waals surface area contributed by atoms with Crippen LogP contribution in [-0.4, -0.2) is 22.0 Å². The standard InChI is InChI=1S/C12H14N2O2/c1-14-11(10(16-2)8-13-14)12(15)9-6-4-3-5-7-9/h3-8,12,15H,1-2H3. The van der Waals surface area contributed by atoms with Gasteiger partial charge in [-0.1, -0.05) is 30.3 Å². The molecule has 0 aliphatic heterocycles. The van der Waals surface area contributed by atoms with Gasteiger partial charge < -0.3 is 9.84 Å². The zero-order valence-electron chi connectivity index (χ0n) is 9.29. The van der Waals surface area contributed by atoms with Crippen LogP contribution in [0.3, 0.4) is 0 Å². The molecule has 0 fully saturated rings. The van der Waals surface area contributed by atoms with Crippen molar-refractivity contribution in [1.29, 1.82) is 0 Å². The Kier molecular flexibility index (Phi) is 2.92. The zero-order valence-corrected chi connectivity index (χ0v) is 9.29. The minimum atomic E-state index is -0.719. The second kappa shape index (κ2) is 4.37. The number of aromatic nitrogens is 2. The maximum Gasteiger partial charge on any atom is 0.162 e.